The summed E-state index contributed by atoms with van der Waals surface area (Å²) < 4.78 is 0.0809. The Morgan fingerprint density at radius 1 is 1.14 bits per heavy atom. The summed E-state index contributed by atoms with van der Waals surface area (Å²) in [6, 6.07) is 9.71. The van der Waals surface area contributed by atoms with E-state index in [-0.39, 0.29) is 4.49 Å². The Kier molecular flexibility index (Phi) is 4.59. The van der Waals surface area contributed by atoms with Gasteiger partial charge in [0.1, 0.15) is 9.65 Å². The van der Waals surface area contributed by atoms with Gasteiger partial charge in [-0.15, -0.1) is 0 Å². The van der Waals surface area contributed by atoms with Crippen LogP contribution in [-0.2, 0) is 0 Å². The molecule has 1 rings (SSSR count). The summed E-state index contributed by atoms with van der Waals surface area (Å²) >= 11 is 17.2. The molecule has 0 amide bonds. The van der Waals surface area contributed by atoms with Crippen LogP contribution in [-0.4, -0.2) is 6.54 Å². The molecule has 0 unspecified atom stereocenters. The molecule has 1 aromatic carbocycles. The maximum Gasteiger partial charge on any atom is 0.142 e. The van der Waals surface area contributed by atoms with Gasteiger partial charge in [0.2, 0.25) is 0 Å². The molecule has 0 radical (unpaired) electrons. The van der Waals surface area contributed by atoms with Crippen LogP contribution in [0.3, 0.4) is 0 Å². The van der Waals surface area contributed by atoms with Crippen molar-refractivity contribution in [2.24, 2.45) is 0 Å². The monoisotopic (exact) mass is 249 g/mol. The Hall–Kier alpha value is -0.370. The topological polar surface area (TPSA) is 3.24 Å². The molecule has 0 spiro atoms. The van der Waals surface area contributed by atoms with E-state index < -0.39 is 0 Å². The normalized spacial score (nSPS) is 9.71. The zero-order chi connectivity index (χ0) is 10.6. The predicted molar refractivity (Wildman–Crippen MR) is 64.0 cm³/mol. The molecular weight excluding hydrogens is 240 g/mol. The number of hydrogen-bond acceptors (Lipinski definition) is 1. The van der Waals surface area contributed by atoms with Crippen molar-refractivity contribution in [2.45, 2.75) is 6.92 Å². The Bertz CT molecular complexity index is 317. The van der Waals surface area contributed by atoms with Gasteiger partial charge in [-0.2, -0.15) is 0 Å². The van der Waals surface area contributed by atoms with Crippen LogP contribution < -0.4 is 4.90 Å². The van der Waals surface area contributed by atoms with Crippen molar-refractivity contribution in [3.63, 3.8) is 0 Å². The van der Waals surface area contributed by atoms with Gasteiger partial charge < -0.3 is 4.90 Å². The van der Waals surface area contributed by atoms with Crippen LogP contribution in [0.25, 0.3) is 0 Å². The Labute approximate surface area is 98.9 Å². The molecule has 0 atom stereocenters. The van der Waals surface area contributed by atoms with Gasteiger partial charge in [0.05, 0.1) is 0 Å². The zero-order valence-electron chi connectivity index (χ0n) is 7.67. The highest BCUT2D eigenvalue weighted by Gasteiger charge is 2.10. The smallest absolute Gasteiger partial charge is 0.142 e. The summed E-state index contributed by atoms with van der Waals surface area (Å²) in [6.45, 7) is 2.69. The summed E-state index contributed by atoms with van der Waals surface area (Å²) in [5, 5.41) is 0.349. The van der Waals surface area contributed by atoms with Crippen molar-refractivity contribution < 1.29 is 0 Å². The Morgan fingerprint density at radius 2 is 1.71 bits per heavy atom. The first kappa shape index (κ1) is 11.7. The molecule has 0 saturated carbocycles. The minimum absolute atomic E-state index is 0.0809. The number of rotatable bonds is 3. The molecule has 0 aliphatic heterocycles. The van der Waals surface area contributed by atoms with Gasteiger partial charge in [-0.25, -0.2) is 0 Å². The molecule has 0 aliphatic carbocycles. The van der Waals surface area contributed by atoms with E-state index >= 15 is 0 Å². The Morgan fingerprint density at radius 3 is 2.14 bits per heavy atom. The van der Waals surface area contributed by atoms with E-state index in [4.69, 9.17) is 34.8 Å². The second kappa shape index (κ2) is 5.50. The van der Waals surface area contributed by atoms with Crippen LogP contribution in [0.4, 0.5) is 5.69 Å². The number of halogens is 3. The van der Waals surface area contributed by atoms with E-state index in [1.807, 2.05) is 42.2 Å². The van der Waals surface area contributed by atoms with Crippen molar-refractivity contribution in [3.05, 3.63) is 40.0 Å². The van der Waals surface area contributed by atoms with E-state index in [1.54, 1.807) is 0 Å². The first-order chi connectivity index (χ1) is 6.66. The van der Waals surface area contributed by atoms with Gasteiger partial charge in [0, 0.05) is 12.2 Å². The van der Waals surface area contributed by atoms with Crippen LogP contribution in [0.2, 0.25) is 0 Å². The first-order valence-electron chi connectivity index (χ1n) is 4.20. The molecule has 0 aliphatic rings. The van der Waals surface area contributed by atoms with Crippen molar-refractivity contribution in [3.8, 4) is 0 Å². The van der Waals surface area contributed by atoms with Gasteiger partial charge in [-0.1, -0.05) is 53.0 Å². The SMILES string of the molecule is CCN(C(Cl)=C(Cl)Cl)c1ccccc1. The molecule has 0 N–H and O–H groups in total. The zero-order valence-corrected chi connectivity index (χ0v) is 9.94. The van der Waals surface area contributed by atoms with Crippen molar-refractivity contribution >= 4 is 40.5 Å². The molecule has 0 bridgehead atoms. The van der Waals surface area contributed by atoms with Gasteiger partial charge in [-0.3, -0.25) is 0 Å². The molecular formula is C10H10Cl3N. The van der Waals surface area contributed by atoms with E-state index in [1.165, 1.54) is 0 Å². The van der Waals surface area contributed by atoms with Crippen LogP contribution >= 0.6 is 34.8 Å². The number of benzene rings is 1. The third-order valence-corrected chi connectivity index (χ3v) is 2.72. The third kappa shape index (κ3) is 2.81. The molecule has 0 heterocycles. The van der Waals surface area contributed by atoms with E-state index in [2.05, 4.69) is 0 Å². The second-order valence-electron chi connectivity index (χ2n) is 2.63. The molecule has 0 fully saturated rings. The van der Waals surface area contributed by atoms with Crippen LogP contribution in [0, 0.1) is 0 Å². The highest BCUT2D eigenvalue weighted by Crippen LogP contribution is 2.26. The van der Waals surface area contributed by atoms with Crippen LogP contribution in [0.15, 0.2) is 40.0 Å². The average molecular weight is 251 g/mol. The standard InChI is InChI=1S/C10H10Cl3N/c1-2-14(10(13)9(11)12)8-6-4-3-5-7-8/h3-7H,2H2,1H3. The van der Waals surface area contributed by atoms with Crippen molar-refractivity contribution in [1.82, 2.24) is 0 Å². The lowest BCUT2D eigenvalue weighted by Gasteiger charge is -2.21. The van der Waals surface area contributed by atoms with Crippen molar-refractivity contribution in [2.75, 3.05) is 11.4 Å². The second-order valence-corrected chi connectivity index (χ2v) is 3.94. The van der Waals surface area contributed by atoms with Gasteiger partial charge in [0.15, 0.2) is 0 Å². The summed E-state index contributed by atoms with van der Waals surface area (Å²) in [5.41, 5.74) is 0.971. The number of hydrogen-bond donors (Lipinski definition) is 0. The van der Waals surface area contributed by atoms with Gasteiger partial charge in [-0.05, 0) is 19.1 Å². The maximum absolute atomic E-state index is 5.96. The van der Waals surface area contributed by atoms with E-state index in [0.717, 1.165) is 5.69 Å². The van der Waals surface area contributed by atoms with Crippen LogP contribution in [0.5, 0.6) is 0 Å². The largest absolute Gasteiger partial charge is 0.330 e. The Balaban J connectivity index is 3.00. The van der Waals surface area contributed by atoms with Crippen LogP contribution in [0.1, 0.15) is 6.92 Å². The number of anilines is 1. The minimum Gasteiger partial charge on any atom is -0.330 e. The lowest BCUT2D eigenvalue weighted by Crippen LogP contribution is -2.19. The quantitative estimate of drug-likeness (QED) is 0.721. The molecule has 0 aromatic heterocycles. The lowest BCUT2D eigenvalue weighted by atomic mass is 10.3. The summed E-state index contributed by atoms with van der Waals surface area (Å²) in [5.74, 6) is 0. The maximum atomic E-state index is 5.96. The number of para-hydroxylation sites is 1. The first-order valence-corrected chi connectivity index (χ1v) is 5.33. The highest BCUT2D eigenvalue weighted by molar-refractivity contribution is 6.59. The molecule has 4 heteroatoms. The molecule has 1 aromatic rings. The fraction of sp³-hybridized carbons (Fsp3) is 0.200. The minimum atomic E-state index is 0.0809. The van der Waals surface area contributed by atoms with Gasteiger partial charge in [0.25, 0.3) is 0 Å². The molecule has 76 valence electrons. The van der Waals surface area contributed by atoms with E-state index in [9.17, 15) is 0 Å². The third-order valence-electron chi connectivity index (χ3n) is 1.78. The fourth-order valence-electron chi connectivity index (χ4n) is 1.14. The van der Waals surface area contributed by atoms with Gasteiger partial charge >= 0.3 is 0 Å². The fourth-order valence-corrected chi connectivity index (χ4v) is 1.57. The molecule has 0 saturated heterocycles. The number of nitrogens with zero attached hydrogens (tertiary/aromatic N) is 1. The lowest BCUT2D eigenvalue weighted by molar-refractivity contribution is 1.00. The van der Waals surface area contributed by atoms with E-state index in [0.29, 0.717) is 11.7 Å². The molecule has 1 nitrogen and oxygen atoms in total. The summed E-state index contributed by atoms with van der Waals surface area (Å²) in [4.78, 5) is 1.83. The predicted octanol–water partition coefficient (Wildman–Crippen LogP) is 4.36. The summed E-state index contributed by atoms with van der Waals surface area (Å²) in [6.07, 6.45) is 0. The van der Waals surface area contributed by atoms with Crippen molar-refractivity contribution in [1.29, 1.82) is 0 Å². The highest BCUT2D eigenvalue weighted by atomic mass is 35.5. The molecule has 14 heavy (non-hydrogen) atoms. The average Bonchev–Trinajstić information content (AvgIpc) is 2.20. The summed E-state index contributed by atoms with van der Waals surface area (Å²) in [7, 11) is 0.